The van der Waals surface area contributed by atoms with E-state index in [0.29, 0.717) is 43.1 Å². The van der Waals surface area contributed by atoms with Crippen LogP contribution in [0.4, 0.5) is 5.69 Å². The van der Waals surface area contributed by atoms with E-state index in [9.17, 15) is 9.59 Å². The number of carbonyl (C=O) groups excluding carboxylic acids is 2. The van der Waals surface area contributed by atoms with Gasteiger partial charge in [0, 0.05) is 34.8 Å². The van der Waals surface area contributed by atoms with Gasteiger partial charge in [0.05, 0.1) is 13.2 Å². The Hall–Kier alpha value is -2.31. The number of hydrogen-bond acceptors (Lipinski definition) is 4. The predicted molar refractivity (Wildman–Crippen MR) is 99.3 cm³/mol. The summed E-state index contributed by atoms with van der Waals surface area (Å²) in [5, 5.41) is 2.85. The molecule has 0 saturated carbocycles. The fourth-order valence-corrected chi connectivity index (χ4v) is 3.00. The largest absolute Gasteiger partial charge is 0.378 e. The highest BCUT2D eigenvalue weighted by Crippen LogP contribution is 2.17. The summed E-state index contributed by atoms with van der Waals surface area (Å²) in [6.07, 6.45) is 1.99. The lowest BCUT2D eigenvalue weighted by atomic mass is 10.1. The molecule has 0 bridgehead atoms. The summed E-state index contributed by atoms with van der Waals surface area (Å²) in [6, 6.07) is 14.4. The van der Waals surface area contributed by atoms with Crippen molar-refractivity contribution >= 4 is 29.3 Å². The number of rotatable bonds is 4. The maximum atomic E-state index is 12.4. The van der Waals surface area contributed by atoms with Gasteiger partial charge in [-0.25, -0.2) is 0 Å². The van der Waals surface area contributed by atoms with E-state index in [4.69, 9.17) is 4.74 Å². The van der Waals surface area contributed by atoms with Crippen molar-refractivity contribution in [2.75, 3.05) is 37.9 Å². The number of nitrogens with one attached hydrogen (secondary N) is 1. The molecule has 1 heterocycles. The summed E-state index contributed by atoms with van der Waals surface area (Å²) >= 11 is 1.63. The third kappa shape index (κ3) is 4.41. The molecule has 1 aliphatic heterocycles. The van der Waals surface area contributed by atoms with Gasteiger partial charge in [-0.3, -0.25) is 9.59 Å². The topological polar surface area (TPSA) is 58.6 Å². The van der Waals surface area contributed by atoms with Crippen LogP contribution in [0.3, 0.4) is 0 Å². The normalized spacial score (nSPS) is 14.2. The molecule has 1 aliphatic rings. The minimum atomic E-state index is -0.167. The van der Waals surface area contributed by atoms with Gasteiger partial charge in [-0.1, -0.05) is 0 Å². The number of amides is 2. The molecule has 6 heteroatoms. The van der Waals surface area contributed by atoms with Crippen molar-refractivity contribution in [1.82, 2.24) is 4.90 Å². The highest BCUT2D eigenvalue weighted by molar-refractivity contribution is 7.98. The van der Waals surface area contributed by atoms with E-state index in [1.165, 1.54) is 0 Å². The molecule has 0 radical (unpaired) electrons. The standard InChI is InChI=1S/C19H20N2O3S/c1-25-17-8-4-14(5-9-17)18(22)20-16-6-2-15(3-7-16)19(23)21-10-12-24-13-11-21/h2-9H,10-13H2,1H3,(H,20,22). The van der Waals surface area contributed by atoms with Crippen LogP contribution >= 0.6 is 11.8 Å². The Morgan fingerprint density at radius 1 is 0.960 bits per heavy atom. The molecule has 1 N–H and O–H groups in total. The summed E-state index contributed by atoms with van der Waals surface area (Å²) in [7, 11) is 0. The summed E-state index contributed by atoms with van der Waals surface area (Å²) in [6.45, 7) is 2.39. The van der Waals surface area contributed by atoms with E-state index in [1.54, 1.807) is 53.1 Å². The highest BCUT2D eigenvalue weighted by Gasteiger charge is 2.18. The Morgan fingerprint density at radius 3 is 2.16 bits per heavy atom. The average Bonchev–Trinajstić information content (AvgIpc) is 2.68. The van der Waals surface area contributed by atoms with Crippen molar-refractivity contribution < 1.29 is 14.3 Å². The molecule has 0 aliphatic carbocycles. The number of thioether (sulfide) groups is 1. The van der Waals surface area contributed by atoms with Gasteiger partial charge in [-0.2, -0.15) is 0 Å². The van der Waals surface area contributed by atoms with Crippen LogP contribution < -0.4 is 5.32 Å². The van der Waals surface area contributed by atoms with Gasteiger partial charge in [0.2, 0.25) is 0 Å². The number of nitrogens with zero attached hydrogens (tertiary/aromatic N) is 1. The average molecular weight is 356 g/mol. The molecule has 5 nitrogen and oxygen atoms in total. The summed E-state index contributed by atoms with van der Waals surface area (Å²) < 4.78 is 5.26. The molecule has 0 aromatic heterocycles. The first-order valence-electron chi connectivity index (χ1n) is 8.10. The molecule has 0 unspecified atom stereocenters. The Bertz CT molecular complexity index is 738. The molecule has 130 valence electrons. The first-order valence-corrected chi connectivity index (χ1v) is 9.32. The molecular weight excluding hydrogens is 336 g/mol. The van der Waals surface area contributed by atoms with E-state index < -0.39 is 0 Å². The minimum Gasteiger partial charge on any atom is -0.378 e. The number of carbonyl (C=O) groups is 2. The number of benzene rings is 2. The van der Waals surface area contributed by atoms with Crippen LogP contribution in [-0.4, -0.2) is 49.3 Å². The van der Waals surface area contributed by atoms with Crippen molar-refractivity contribution in [2.24, 2.45) is 0 Å². The number of hydrogen-bond donors (Lipinski definition) is 1. The lowest BCUT2D eigenvalue weighted by Gasteiger charge is -2.26. The van der Waals surface area contributed by atoms with Gasteiger partial charge < -0.3 is 15.0 Å². The van der Waals surface area contributed by atoms with Crippen LogP contribution in [0.1, 0.15) is 20.7 Å². The van der Waals surface area contributed by atoms with Crippen LogP contribution in [0.15, 0.2) is 53.4 Å². The lowest BCUT2D eigenvalue weighted by molar-refractivity contribution is 0.0303. The molecule has 0 spiro atoms. The Labute approximate surface area is 151 Å². The van der Waals surface area contributed by atoms with Gasteiger partial charge in [0.15, 0.2) is 0 Å². The minimum absolute atomic E-state index is 0.00571. The number of ether oxygens (including phenoxy) is 1. The SMILES string of the molecule is CSc1ccc(C(=O)Nc2ccc(C(=O)N3CCOCC3)cc2)cc1. The lowest BCUT2D eigenvalue weighted by Crippen LogP contribution is -2.40. The van der Waals surface area contributed by atoms with Crippen molar-refractivity contribution in [2.45, 2.75) is 4.90 Å². The van der Waals surface area contributed by atoms with Crippen molar-refractivity contribution in [3.63, 3.8) is 0 Å². The first kappa shape index (κ1) is 17.5. The van der Waals surface area contributed by atoms with Crippen LogP contribution in [0.25, 0.3) is 0 Å². The van der Waals surface area contributed by atoms with Crippen molar-refractivity contribution in [3.05, 3.63) is 59.7 Å². The van der Waals surface area contributed by atoms with E-state index in [0.717, 1.165) is 4.90 Å². The molecule has 2 aromatic carbocycles. The molecule has 3 rings (SSSR count). The molecule has 0 atom stereocenters. The smallest absolute Gasteiger partial charge is 0.255 e. The molecule has 25 heavy (non-hydrogen) atoms. The molecule has 2 amide bonds. The van der Waals surface area contributed by atoms with Crippen LogP contribution in [0, 0.1) is 0 Å². The Morgan fingerprint density at radius 2 is 1.56 bits per heavy atom. The molecule has 1 fully saturated rings. The van der Waals surface area contributed by atoms with Gasteiger partial charge in [-0.05, 0) is 54.8 Å². The highest BCUT2D eigenvalue weighted by atomic mass is 32.2. The zero-order valence-corrected chi connectivity index (χ0v) is 14.8. The summed E-state index contributed by atoms with van der Waals surface area (Å²) in [4.78, 5) is 27.6. The molecule has 2 aromatic rings. The molecular formula is C19H20N2O3S. The number of morpholine rings is 1. The predicted octanol–water partition coefficient (Wildman–Crippen LogP) is 3.13. The van der Waals surface area contributed by atoms with Gasteiger partial charge in [0.25, 0.3) is 11.8 Å². The second kappa shape index (κ2) is 8.18. The second-order valence-electron chi connectivity index (χ2n) is 5.66. The van der Waals surface area contributed by atoms with E-state index >= 15 is 0 Å². The van der Waals surface area contributed by atoms with Crippen LogP contribution in [-0.2, 0) is 4.74 Å². The van der Waals surface area contributed by atoms with Gasteiger partial charge in [-0.15, -0.1) is 11.8 Å². The number of anilines is 1. The van der Waals surface area contributed by atoms with Gasteiger partial charge >= 0.3 is 0 Å². The van der Waals surface area contributed by atoms with Crippen molar-refractivity contribution in [3.8, 4) is 0 Å². The zero-order chi connectivity index (χ0) is 17.6. The maximum absolute atomic E-state index is 12.4. The third-order valence-corrected chi connectivity index (χ3v) is 4.78. The Kier molecular flexibility index (Phi) is 5.73. The molecule has 1 saturated heterocycles. The maximum Gasteiger partial charge on any atom is 0.255 e. The zero-order valence-electron chi connectivity index (χ0n) is 14.0. The van der Waals surface area contributed by atoms with Gasteiger partial charge in [0.1, 0.15) is 0 Å². The van der Waals surface area contributed by atoms with Crippen molar-refractivity contribution in [1.29, 1.82) is 0 Å². The van der Waals surface area contributed by atoms with E-state index in [1.807, 2.05) is 18.4 Å². The second-order valence-corrected chi connectivity index (χ2v) is 6.54. The monoisotopic (exact) mass is 356 g/mol. The van der Waals surface area contributed by atoms with E-state index in [-0.39, 0.29) is 11.8 Å². The Balaban J connectivity index is 1.63. The summed E-state index contributed by atoms with van der Waals surface area (Å²) in [5.74, 6) is -0.172. The first-order chi connectivity index (χ1) is 12.2. The third-order valence-electron chi connectivity index (χ3n) is 4.04. The van der Waals surface area contributed by atoms with E-state index in [2.05, 4.69) is 5.32 Å². The quantitative estimate of drug-likeness (QED) is 0.855. The summed E-state index contributed by atoms with van der Waals surface area (Å²) in [5.41, 5.74) is 1.88. The fraction of sp³-hybridized carbons (Fsp3) is 0.263. The van der Waals surface area contributed by atoms with Crippen LogP contribution in [0.2, 0.25) is 0 Å². The van der Waals surface area contributed by atoms with Crippen LogP contribution in [0.5, 0.6) is 0 Å². The fourth-order valence-electron chi connectivity index (χ4n) is 2.59.